The first-order chi connectivity index (χ1) is 9.26. The van der Waals surface area contributed by atoms with Gasteiger partial charge in [-0.2, -0.15) is 0 Å². The number of amides is 1. The molecule has 0 unspecified atom stereocenters. The minimum atomic E-state index is -0.283. The predicted molar refractivity (Wildman–Crippen MR) is 67.6 cm³/mol. The molecule has 1 aliphatic rings. The van der Waals surface area contributed by atoms with Crippen molar-refractivity contribution in [1.82, 2.24) is 4.98 Å². The predicted octanol–water partition coefficient (Wildman–Crippen LogP) is 0.823. The molecule has 19 heavy (non-hydrogen) atoms. The van der Waals surface area contributed by atoms with Crippen molar-refractivity contribution in [3.8, 4) is 17.2 Å². The van der Waals surface area contributed by atoms with Crippen LogP contribution in [0.3, 0.4) is 0 Å². The largest absolute Gasteiger partial charge is 0.494 e. The van der Waals surface area contributed by atoms with Crippen LogP contribution in [0.4, 0.5) is 0 Å². The molecule has 1 aromatic heterocycles. The highest BCUT2D eigenvalue weighted by molar-refractivity contribution is 6.06. The van der Waals surface area contributed by atoms with E-state index in [1.54, 1.807) is 36.7 Å². The molecule has 0 bridgehead atoms. The normalized spacial score (nSPS) is 12.4. The molecule has 2 aromatic rings. The van der Waals surface area contributed by atoms with Crippen molar-refractivity contribution in [2.75, 3.05) is 7.11 Å². The van der Waals surface area contributed by atoms with Crippen LogP contribution in [-0.2, 0) is 4.79 Å². The van der Waals surface area contributed by atoms with Crippen LogP contribution in [0.2, 0.25) is 0 Å². The molecule has 0 saturated carbocycles. The van der Waals surface area contributed by atoms with Crippen LogP contribution in [0.15, 0.2) is 41.7 Å². The Kier molecular flexibility index (Phi) is 2.72. The summed E-state index contributed by atoms with van der Waals surface area (Å²) in [6.07, 6.45) is 4.74. The number of pyridine rings is 1. The molecule has 0 radical (unpaired) electrons. The monoisotopic (exact) mass is 254 g/mol. The van der Waals surface area contributed by atoms with Crippen molar-refractivity contribution >= 4 is 12.0 Å². The van der Waals surface area contributed by atoms with E-state index in [1.165, 1.54) is 13.2 Å². The van der Waals surface area contributed by atoms with Gasteiger partial charge in [-0.25, -0.2) is 4.99 Å². The lowest BCUT2D eigenvalue weighted by Crippen LogP contribution is -2.23. The zero-order valence-electron chi connectivity index (χ0n) is 10.2. The van der Waals surface area contributed by atoms with Crippen LogP contribution in [0, 0.1) is 0 Å². The third kappa shape index (κ3) is 2.18. The molecule has 0 atom stereocenters. The number of nitrogens with zero attached hydrogens (tertiary/aromatic N) is 2. The van der Waals surface area contributed by atoms with Crippen molar-refractivity contribution in [1.29, 1.82) is 0 Å². The third-order valence-corrected chi connectivity index (χ3v) is 2.68. The summed E-state index contributed by atoms with van der Waals surface area (Å²) in [5.74, 6) is 1.49. The van der Waals surface area contributed by atoms with Gasteiger partial charge in [0.25, 0.3) is 5.91 Å². The van der Waals surface area contributed by atoms with Crippen LogP contribution < -0.4 is 20.0 Å². The average Bonchev–Trinajstić information content (AvgIpc) is 2.79. The Hall–Kier alpha value is -2.69. The molecule has 0 saturated heterocycles. The maximum atomic E-state index is 11.3. The van der Waals surface area contributed by atoms with Crippen LogP contribution in [0.5, 0.6) is 17.2 Å². The van der Waals surface area contributed by atoms with Crippen LogP contribution in [0.1, 0.15) is 0 Å². The van der Waals surface area contributed by atoms with E-state index in [0.29, 0.717) is 27.8 Å². The molecule has 1 aliphatic heterocycles. The molecule has 0 fully saturated rings. The van der Waals surface area contributed by atoms with Gasteiger partial charge in [-0.1, -0.05) is 0 Å². The number of aromatic nitrogens is 1. The molecule has 0 N–H and O–H groups in total. The number of methoxy groups -OCH3 is 1. The summed E-state index contributed by atoms with van der Waals surface area (Å²) >= 11 is 0. The molecule has 3 rings (SSSR count). The van der Waals surface area contributed by atoms with Gasteiger partial charge in [0, 0.05) is 29.8 Å². The van der Waals surface area contributed by atoms with Crippen molar-refractivity contribution in [2.24, 2.45) is 4.99 Å². The molecule has 1 amide bonds. The SMILES string of the molecule is COc1cc(Oc2ccncc2)cc2c1=NC(=O)C=2. The second-order valence-corrected chi connectivity index (χ2v) is 3.94. The third-order valence-electron chi connectivity index (χ3n) is 2.68. The molecule has 5 nitrogen and oxygen atoms in total. The smallest absolute Gasteiger partial charge is 0.271 e. The lowest BCUT2D eigenvalue weighted by atomic mass is 10.2. The molecule has 94 valence electrons. The number of fused-ring (bicyclic) bond motifs is 1. The number of ether oxygens (including phenoxy) is 2. The fourth-order valence-electron chi connectivity index (χ4n) is 1.87. The van der Waals surface area contributed by atoms with Crippen molar-refractivity contribution in [3.05, 3.63) is 47.2 Å². The Morgan fingerprint density at radius 1 is 1.11 bits per heavy atom. The zero-order chi connectivity index (χ0) is 13.2. The Labute approximate surface area is 108 Å². The lowest BCUT2D eigenvalue weighted by Gasteiger charge is -2.07. The van der Waals surface area contributed by atoms with Gasteiger partial charge in [0.15, 0.2) is 0 Å². The van der Waals surface area contributed by atoms with Crippen molar-refractivity contribution in [3.63, 3.8) is 0 Å². The first kappa shape index (κ1) is 11.4. The summed E-state index contributed by atoms with van der Waals surface area (Å²) < 4.78 is 10.9. The Morgan fingerprint density at radius 2 is 1.89 bits per heavy atom. The van der Waals surface area contributed by atoms with E-state index < -0.39 is 0 Å². The zero-order valence-corrected chi connectivity index (χ0v) is 10.2. The van der Waals surface area contributed by atoms with E-state index in [1.807, 2.05) is 0 Å². The highest BCUT2D eigenvalue weighted by atomic mass is 16.5. The standard InChI is InChI=1S/C14H10N2O3/c1-18-12-8-11(19-10-2-4-15-5-3-10)6-9-7-13(17)16-14(9)12/h2-8H,1H3. The molecular formula is C14H10N2O3. The molecule has 1 aromatic carbocycles. The topological polar surface area (TPSA) is 60.8 Å². The van der Waals surface area contributed by atoms with Gasteiger partial charge in [-0.3, -0.25) is 9.78 Å². The quantitative estimate of drug-likeness (QED) is 0.813. The fraction of sp³-hybridized carbons (Fsp3) is 0.0714. The summed E-state index contributed by atoms with van der Waals surface area (Å²) in [5, 5.41) is 1.25. The van der Waals surface area contributed by atoms with Crippen LogP contribution >= 0.6 is 0 Å². The van der Waals surface area contributed by atoms with Gasteiger partial charge in [0.1, 0.15) is 22.6 Å². The summed E-state index contributed by atoms with van der Waals surface area (Å²) in [4.78, 5) is 19.1. The molecular weight excluding hydrogens is 244 g/mol. The number of hydrogen-bond acceptors (Lipinski definition) is 4. The van der Waals surface area contributed by atoms with Crippen molar-refractivity contribution < 1.29 is 14.3 Å². The Morgan fingerprint density at radius 3 is 2.63 bits per heavy atom. The van der Waals surface area contributed by atoms with E-state index in [4.69, 9.17) is 9.47 Å². The lowest BCUT2D eigenvalue weighted by molar-refractivity contribution is -0.112. The first-order valence-corrected chi connectivity index (χ1v) is 5.66. The number of benzene rings is 1. The Balaban J connectivity index is 2.06. The Bertz CT molecular complexity index is 754. The highest BCUT2D eigenvalue weighted by Crippen LogP contribution is 2.21. The first-order valence-electron chi connectivity index (χ1n) is 5.66. The van der Waals surface area contributed by atoms with E-state index in [0.717, 1.165) is 0 Å². The van der Waals surface area contributed by atoms with E-state index in [-0.39, 0.29) is 5.91 Å². The van der Waals surface area contributed by atoms with Crippen LogP contribution in [-0.4, -0.2) is 18.0 Å². The number of hydrogen-bond donors (Lipinski definition) is 0. The van der Waals surface area contributed by atoms with E-state index >= 15 is 0 Å². The van der Waals surface area contributed by atoms with Gasteiger partial charge in [-0.15, -0.1) is 0 Å². The van der Waals surface area contributed by atoms with Gasteiger partial charge < -0.3 is 9.47 Å². The molecule has 2 heterocycles. The summed E-state index contributed by atoms with van der Waals surface area (Å²) in [6, 6.07) is 6.96. The average molecular weight is 254 g/mol. The van der Waals surface area contributed by atoms with Crippen LogP contribution in [0.25, 0.3) is 6.08 Å². The van der Waals surface area contributed by atoms with Crippen molar-refractivity contribution in [2.45, 2.75) is 0 Å². The highest BCUT2D eigenvalue weighted by Gasteiger charge is 2.11. The summed E-state index contributed by atoms with van der Waals surface area (Å²) in [7, 11) is 1.53. The van der Waals surface area contributed by atoms with Gasteiger partial charge >= 0.3 is 0 Å². The summed E-state index contributed by atoms with van der Waals surface area (Å²) in [5.41, 5.74) is 0. The number of rotatable bonds is 3. The minimum absolute atomic E-state index is 0.283. The second kappa shape index (κ2) is 4.53. The number of carbonyl (C=O) groups excluding carboxylic acids is 1. The fourth-order valence-corrected chi connectivity index (χ4v) is 1.87. The van der Waals surface area contributed by atoms with E-state index in [9.17, 15) is 4.79 Å². The molecule has 0 aliphatic carbocycles. The van der Waals surface area contributed by atoms with Gasteiger partial charge in [0.05, 0.1) is 7.11 Å². The van der Waals surface area contributed by atoms with Gasteiger partial charge in [-0.05, 0) is 18.2 Å². The maximum absolute atomic E-state index is 11.3. The van der Waals surface area contributed by atoms with E-state index in [2.05, 4.69) is 9.98 Å². The molecule has 5 heteroatoms. The molecule has 0 spiro atoms. The van der Waals surface area contributed by atoms with Gasteiger partial charge in [0.2, 0.25) is 0 Å². The second-order valence-electron chi connectivity index (χ2n) is 3.94. The minimum Gasteiger partial charge on any atom is -0.494 e. The summed E-state index contributed by atoms with van der Waals surface area (Å²) in [6.45, 7) is 0. The number of carbonyl (C=O) groups is 1. The maximum Gasteiger partial charge on any atom is 0.271 e.